The molecule has 0 spiro atoms. The van der Waals surface area contributed by atoms with Gasteiger partial charge in [0.15, 0.2) is 0 Å². The number of halogens is 2. The van der Waals surface area contributed by atoms with Crippen molar-refractivity contribution >= 4 is 17.6 Å². The molecule has 0 radical (unpaired) electrons. The van der Waals surface area contributed by atoms with Crippen molar-refractivity contribution in [3.63, 3.8) is 0 Å². The second kappa shape index (κ2) is 4.97. The molecule has 1 N–H and O–H groups in total. The highest BCUT2D eigenvalue weighted by Gasteiger charge is 2.11. The van der Waals surface area contributed by atoms with E-state index in [-0.39, 0.29) is 11.8 Å². The van der Waals surface area contributed by atoms with E-state index in [1.807, 2.05) is 0 Å². The van der Waals surface area contributed by atoms with E-state index in [0.717, 1.165) is 12.1 Å². The number of benzene rings is 1. The third-order valence-corrected chi connectivity index (χ3v) is 2.17. The van der Waals surface area contributed by atoms with Crippen LogP contribution >= 0.6 is 11.6 Å². The van der Waals surface area contributed by atoms with E-state index in [0.29, 0.717) is 5.02 Å². The summed E-state index contributed by atoms with van der Waals surface area (Å²) < 4.78 is 18.5. The fraction of sp³-hybridized carbons (Fsp3) is 0. The van der Waals surface area contributed by atoms with Crippen molar-refractivity contribution in [1.82, 2.24) is 9.97 Å². The van der Waals surface area contributed by atoms with Gasteiger partial charge in [-0.05, 0) is 12.1 Å². The molecule has 18 heavy (non-hydrogen) atoms. The molecular formula is C11H6ClFN2O3. The van der Waals surface area contributed by atoms with Crippen LogP contribution in [0.15, 0.2) is 30.6 Å². The van der Waals surface area contributed by atoms with Gasteiger partial charge < -0.3 is 9.84 Å². The standard InChI is InChI=1S/C11H6ClFN2O3/c12-6-4-14-11(15-5-6)18-7-1-2-8(10(16)17)9(13)3-7/h1-5H,(H,16,17). The van der Waals surface area contributed by atoms with Crippen LogP contribution in [0.4, 0.5) is 4.39 Å². The van der Waals surface area contributed by atoms with Crippen LogP contribution in [0.2, 0.25) is 5.02 Å². The van der Waals surface area contributed by atoms with Crippen LogP contribution in [0.5, 0.6) is 11.8 Å². The molecule has 0 amide bonds. The number of rotatable bonds is 3. The van der Waals surface area contributed by atoms with Crippen molar-refractivity contribution in [2.75, 3.05) is 0 Å². The molecule has 0 aliphatic heterocycles. The molecule has 0 saturated heterocycles. The molecule has 2 aromatic rings. The van der Waals surface area contributed by atoms with Crippen molar-refractivity contribution < 1.29 is 19.0 Å². The second-order valence-corrected chi connectivity index (χ2v) is 3.67. The first kappa shape index (κ1) is 12.3. The highest BCUT2D eigenvalue weighted by molar-refractivity contribution is 6.30. The number of hydrogen-bond acceptors (Lipinski definition) is 4. The predicted octanol–water partition coefficient (Wildman–Crippen LogP) is 2.76. The van der Waals surface area contributed by atoms with Gasteiger partial charge in [-0.2, -0.15) is 0 Å². The molecule has 0 unspecified atom stereocenters. The molecule has 2 rings (SSSR count). The summed E-state index contributed by atoms with van der Waals surface area (Å²) in [4.78, 5) is 18.1. The van der Waals surface area contributed by atoms with Gasteiger partial charge in [0.1, 0.15) is 11.6 Å². The minimum Gasteiger partial charge on any atom is -0.478 e. The van der Waals surface area contributed by atoms with Crippen molar-refractivity contribution in [1.29, 1.82) is 0 Å². The van der Waals surface area contributed by atoms with Crippen LogP contribution in [0.3, 0.4) is 0 Å². The Hall–Kier alpha value is -2.21. The zero-order chi connectivity index (χ0) is 13.1. The van der Waals surface area contributed by atoms with Gasteiger partial charge in [0.25, 0.3) is 0 Å². The first-order valence-electron chi connectivity index (χ1n) is 4.74. The van der Waals surface area contributed by atoms with Crippen LogP contribution in [-0.4, -0.2) is 21.0 Å². The first-order valence-corrected chi connectivity index (χ1v) is 5.12. The maximum absolute atomic E-state index is 13.3. The topological polar surface area (TPSA) is 72.3 Å². The molecule has 0 fully saturated rings. The molecule has 0 bridgehead atoms. The molecule has 0 atom stereocenters. The Morgan fingerprint density at radius 1 is 1.33 bits per heavy atom. The van der Waals surface area contributed by atoms with E-state index in [4.69, 9.17) is 21.4 Å². The Bertz CT molecular complexity index is 589. The smallest absolute Gasteiger partial charge is 0.338 e. The lowest BCUT2D eigenvalue weighted by molar-refractivity contribution is 0.0692. The highest BCUT2D eigenvalue weighted by Crippen LogP contribution is 2.21. The molecule has 1 aromatic carbocycles. The third kappa shape index (κ3) is 2.72. The van der Waals surface area contributed by atoms with E-state index in [1.54, 1.807) is 0 Å². The van der Waals surface area contributed by atoms with Crippen LogP contribution < -0.4 is 4.74 Å². The molecule has 0 saturated carbocycles. The van der Waals surface area contributed by atoms with Gasteiger partial charge in [0, 0.05) is 6.07 Å². The summed E-state index contributed by atoms with van der Waals surface area (Å²) in [5, 5.41) is 9.00. The van der Waals surface area contributed by atoms with E-state index in [2.05, 4.69) is 9.97 Å². The average molecular weight is 269 g/mol. The van der Waals surface area contributed by atoms with Crippen molar-refractivity contribution in [2.45, 2.75) is 0 Å². The minimum absolute atomic E-state index is 0.0122. The summed E-state index contributed by atoms with van der Waals surface area (Å²) in [7, 11) is 0. The van der Waals surface area contributed by atoms with Crippen molar-refractivity contribution in [3.8, 4) is 11.8 Å². The number of aromatic carboxylic acids is 1. The van der Waals surface area contributed by atoms with E-state index < -0.39 is 17.3 Å². The quantitative estimate of drug-likeness (QED) is 0.927. The Morgan fingerprint density at radius 2 is 2.00 bits per heavy atom. The normalized spacial score (nSPS) is 10.1. The molecule has 92 valence electrons. The number of nitrogens with zero attached hydrogens (tertiary/aromatic N) is 2. The number of carbonyl (C=O) groups is 1. The summed E-state index contributed by atoms with van der Waals surface area (Å²) in [5.41, 5.74) is -0.431. The lowest BCUT2D eigenvalue weighted by Crippen LogP contribution is -2.00. The van der Waals surface area contributed by atoms with Gasteiger partial charge >= 0.3 is 12.0 Å². The van der Waals surface area contributed by atoms with Gasteiger partial charge in [-0.3, -0.25) is 0 Å². The fourth-order valence-corrected chi connectivity index (χ4v) is 1.29. The Morgan fingerprint density at radius 3 is 2.56 bits per heavy atom. The fourth-order valence-electron chi connectivity index (χ4n) is 1.19. The summed E-state index contributed by atoms with van der Waals surface area (Å²) in [6, 6.07) is 3.34. The summed E-state index contributed by atoms with van der Waals surface area (Å²) in [6.45, 7) is 0. The zero-order valence-corrected chi connectivity index (χ0v) is 9.56. The maximum Gasteiger partial charge on any atom is 0.338 e. The summed E-state index contributed by atoms with van der Waals surface area (Å²) >= 11 is 5.59. The van der Waals surface area contributed by atoms with Crippen LogP contribution in [0.25, 0.3) is 0 Å². The van der Waals surface area contributed by atoms with Crippen LogP contribution in [-0.2, 0) is 0 Å². The largest absolute Gasteiger partial charge is 0.478 e. The van der Waals surface area contributed by atoms with E-state index in [1.165, 1.54) is 18.5 Å². The van der Waals surface area contributed by atoms with E-state index in [9.17, 15) is 9.18 Å². The summed E-state index contributed by atoms with van der Waals surface area (Å²) in [6.07, 6.45) is 2.65. The summed E-state index contributed by atoms with van der Waals surface area (Å²) in [5.74, 6) is -2.14. The lowest BCUT2D eigenvalue weighted by atomic mass is 10.2. The van der Waals surface area contributed by atoms with Gasteiger partial charge in [-0.25, -0.2) is 19.2 Å². The lowest BCUT2D eigenvalue weighted by Gasteiger charge is -2.04. The van der Waals surface area contributed by atoms with Crippen LogP contribution in [0.1, 0.15) is 10.4 Å². The number of aromatic nitrogens is 2. The SMILES string of the molecule is O=C(O)c1ccc(Oc2ncc(Cl)cn2)cc1F. The molecule has 5 nitrogen and oxygen atoms in total. The van der Waals surface area contributed by atoms with Crippen molar-refractivity contribution in [3.05, 3.63) is 47.0 Å². The monoisotopic (exact) mass is 268 g/mol. The molecule has 1 heterocycles. The van der Waals surface area contributed by atoms with Gasteiger partial charge in [0.2, 0.25) is 0 Å². The molecule has 1 aromatic heterocycles. The number of hydrogen-bond donors (Lipinski definition) is 1. The first-order chi connectivity index (χ1) is 8.56. The maximum atomic E-state index is 13.3. The number of carboxylic acids is 1. The second-order valence-electron chi connectivity index (χ2n) is 3.23. The number of carboxylic acid groups (broad SMARTS) is 1. The molecule has 7 heteroatoms. The number of ether oxygens (including phenoxy) is 1. The van der Waals surface area contributed by atoms with Gasteiger partial charge in [-0.15, -0.1) is 0 Å². The Balaban J connectivity index is 2.22. The predicted molar refractivity (Wildman–Crippen MR) is 60.5 cm³/mol. The van der Waals surface area contributed by atoms with Crippen molar-refractivity contribution in [2.24, 2.45) is 0 Å². The molecule has 0 aliphatic rings. The third-order valence-electron chi connectivity index (χ3n) is 1.98. The minimum atomic E-state index is -1.35. The van der Waals surface area contributed by atoms with Gasteiger partial charge in [-0.1, -0.05) is 11.6 Å². The van der Waals surface area contributed by atoms with Crippen LogP contribution in [0, 0.1) is 5.82 Å². The zero-order valence-electron chi connectivity index (χ0n) is 8.80. The average Bonchev–Trinajstić information content (AvgIpc) is 2.32. The molecular weight excluding hydrogens is 263 g/mol. The van der Waals surface area contributed by atoms with E-state index >= 15 is 0 Å². The molecule has 0 aliphatic carbocycles. The van der Waals surface area contributed by atoms with Gasteiger partial charge in [0.05, 0.1) is 23.0 Å². The highest BCUT2D eigenvalue weighted by atomic mass is 35.5. The Kier molecular flexibility index (Phi) is 3.38. The Labute approximate surface area is 106 Å².